The van der Waals surface area contributed by atoms with Crippen molar-refractivity contribution in [3.8, 4) is 0 Å². The fourth-order valence-electron chi connectivity index (χ4n) is 1.52. The molecule has 0 amide bonds. The van der Waals surface area contributed by atoms with Gasteiger partial charge in [0.1, 0.15) is 0 Å². The summed E-state index contributed by atoms with van der Waals surface area (Å²) in [6, 6.07) is 8.65. The molecule has 0 fully saturated rings. The topological polar surface area (TPSA) is 9.23 Å². The van der Waals surface area contributed by atoms with E-state index >= 15 is 0 Å². The second-order valence-electron chi connectivity index (χ2n) is 4.46. The van der Waals surface area contributed by atoms with E-state index in [1.165, 1.54) is 10.5 Å². The third kappa shape index (κ3) is 4.58. The zero-order valence-electron chi connectivity index (χ0n) is 10.7. The van der Waals surface area contributed by atoms with Crippen molar-refractivity contribution in [2.75, 3.05) is 12.4 Å². The SMILES string of the molecule is CC(C)OCCSc1ccccc1C(C)C. The molecule has 0 saturated heterocycles. The number of hydrogen-bond acceptors (Lipinski definition) is 2. The predicted molar refractivity (Wildman–Crippen MR) is 72.3 cm³/mol. The maximum atomic E-state index is 5.54. The van der Waals surface area contributed by atoms with E-state index in [9.17, 15) is 0 Å². The summed E-state index contributed by atoms with van der Waals surface area (Å²) in [5.74, 6) is 1.62. The summed E-state index contributed by atoms with van der Waals surface area (Å²) in [6.45, 7) is 9.46. The first kappa shape index (κ1) is 13.6. The number of benzene rings is 1. The molecule has 0 atom stereocenters. The lowest BCUT2D eigenvalue weighted by Crippen LogP contribution is -2.05. The maximum absolute atomic E-state index is 5.54. The van der Waals surface area contributed by atoms with Crippen molar-refractivity contribution < 1.29 is 4.74 Å². The first-order chi connectivity index (χ1) is 7.61. The molecule has 1 aromatic rings. The van der Waals surface area contributed by atoms with E-state index in [-0.39, 0.29) is 0 Å². The molecule has 0 aromatic heterocycles. The third-order valence-electron chi connectivity index (χ3n) is 2.33. The van der Waals surface area contributed by atoms with Gasteiger partial charge in [-0.1, -0.05) is 32.0 Å². The average Bonchev–Trinajstić information content (AvgIpc) is 2.24. The molecule has 16 heavy (non-hydrogen) atoms. The van der Waals surface area contributed by atoms with Crippen molar-refractivity contribution >= 4 is 11.8 Å². The van der Waals surface area contributed by atoms with Crippen LogP contribution in [0.25, 0.3) is 0 Å². The van der Waals surface area contributed by atoms with Gasteiger partial charge in [0.15, 0.2) is 0 Å². The van der Waals surface area contributed by atoms with E-state index < -0.39 is 0 Å². The van der Waals surface area contributed by atoms with Crippen molar-refractivity contribution in [2.24, 2.45) is 0 Å². The molecule has 0 aliphatic rings. The molecule has 0 bridgehead atoms. The minimum atomic E-state index is 0.334. The highest BCUT2D eigenvalue weighted by molar-refractivity contribution is 7.99. The van der Waals surface area contributed by atoms with Gasteiger partial charge in [0.25, 0.3) is 0 Å². The summed E-state index contributed by atoms with van der Waals surface area (Å²) in [4.78, 5) is 1.39. The largest absolute Gasteiger partial charge is 0.378 e. The lowest BCUT2D eigenvalue weighted by atomic mass is 10.0. The normalized spacial score (nSPS) is 11.4. The quantitative estimate of drug-likeness (QED) is 0.539. The Hall–Kier alpha value is -0.470. The Balaban J connectivity index is 2.47. The van der Waals surface area contributed by atoms with Crippen LogP contribution in [0.1, 0.15) is 39.2 Å². The highest BCUT2D eigenvalue weighted by atomic mass is 32.2. The minimum absolute atomic E-state index is 0.334. The van der Waals surface area contributed by atoms with Crippen LogP contribution in [0.3, 0.4) is 0 Å². The first-order valence-corrected chi connectivity index (χ1v) is 6.93. The summed E-state index contributed by atoms with van der Waals surface area (Å²) in [7, 11) is 0. The van der Waals surface area contributed by atoms with Crippen molar-refractivity contribution in [3.63, 3.8) is 0 Å². The summed E-state index contributed by atoms with van der Waals surface area (Å²) in [5, 5.41) is 0. The molecule has 1 aromatic carbocycles. The second kappa shape index (κ2) is 6.97. The van der Waals surface area contributed by atoms with Gasteiger partial charge in [0, 0.05) is 10.6 Å². The molecule has 1 nitrogen and oxygen atoms in total. The van der Waals surface area contributed by atoms with Crippen molar-refractivity contribution in [1.29, 1.82) is 0 Å². The Morgan fingerprint density at radius 2 is 1.81 bits per heavy atom. The summed E-state index contributed by atoms with van der Waals surface area (Å²) in [5.41, 5.74) is 1.44. The molecule has 0 aliphatic heterocycles. The van der Waals surface area contributed by atoms with Gasteiger partial charge in [-0.3, -0.25) is 0 Å². The zero-order chi connectivity index (χ0) is 12.0. The van der Waals surface area contributed by atoms with Gasteiger partial charge in [-0.2, -0.15) is 0 Å². The van der Waals surface area contributed by atoms with Crippen LogP contribution < -0.4 is 0 Å². The van der Waals surface area contributed by atoms with Crippen LogP contribution in [0.5, 0.6) is 0 Å². The molecule has 0 heterocycles. The Morgan fingerprint density at radius 3 is 2.44 bits per heavy atom. The van der Waals surface area contributed by atoms with E-state index in [0.717, 1.165) is 12.4 Å². The molecule has 0 unspecified atom stereocenters. The van der Waals surface area contributed by atoms with Gasteiger partial charge in [-0.05, 0) is 31.4 Å². The fraction of sp³-hybridized carbons (Fsp3) is 0.571. The van der Waals surface area contributed by atoms with Crippen LogP contribution >= 0.6 is 11.8 Å². The van der Waals surface area contributed by atoms with Crippen LogP contribution in [-0.4, -0.2) is 18.5 Å². The van der Waals surface area contributed by atoms with Gasteiger partial charge < -0.3 is 4.74 Å². The van der Waals surface area contributed by atoms with Gasteiger partial charge in [-0.15, -0.1) is 11.8 Å². The molecule has 0 radical (unpaired) electrons. The van der Waals surface area contributed by atoms with Crippen LogP contribution in [0.15, 0.2) is 29.2 Å². The molecular formula is C14H22OS. The lowest BCUT2D eigenvalue weighted by Gasteiger charge is -2.12. The number of hydrogen-bond donors (Lipinski definition) is 0. The highest BCUT2D eigenvalue weighted by Crippen LogP contribution is 2.28. The van der Waals surface area contributed by atoms with E-state index in [4.69, 9.17) is 4.74 Å². The third-order valence-corrected chi connectivity index (χ3v) is 3.39. The lowest BCUT2D eigenvalue weighted by molar-refractivity contribution is 0.0920. The van der Waals surface area contributed by atoms with E-state index in [2.05, 4.69) is 52.0 Å². The zero-order valence-corrected chi connectivity index (χ0v) is 11.5. The van der Waals surface area contributed by atoms with Crippen LogP contribution in [-0.2, 0) is 4.74 Å². The van der Waals surface area contributed by atoms with Crippen LogP contribution in [0.2, 0.25) is 0 Å². The Bertz CT molecular complexity index is 307. The molecule has 0 saturated carbocycles. The molecule has 2 heteroatoms. The Labute approximate surface area is 104 Å². The van der Waals surface area contributed by atoms with Crippen LogP contribution in [0.4, 0.5) is 0 Å². The van der Waals surface area contributed by atoms with Crippen molar-refractivity contribution in [3.05, 3.63) is 29.8 Å². The maximum Gasteiger partial charge on any atom is 0.0563 e. The fourth-order valence-corrected chi connectivity index (χ4v) is 2.57. The summed E-state index contributed by atoms with van der Waals surface area (Å²) >= 11 is 1.89. The molecule has 0 N–H and O–H groups in total. The monoisotopic (exact) mass is 238 g/mol. The Kier molecular flexibility index (Phi) is 5.93. The predicted octanol–water partition coefficient (Wildman–Crippen LogP) is 4.33. The van der Waals surface area contributed by atoms with Gasteiger partial charge in [0.2, 0.25) is 0 Å². The smallest absolute Gasteiger partial charge is 0.0563 e. The van der Waals surface area contributed by atoms with Crippen LogP contribution in [0, 0.1) is 0 Å². The van der Waals surface area contributed by atoms with Gasteiger partial charge >= 0.3 is 0 Å². The summed E-state index contributed by atoms with van der Waals surface area (Å²) < 4.78 is 5.54. The van der Waals surface area contributed by atoms with Crippen molar-refractivity contribution in [2.45, 2.75) is 44.6 Å². The Morgan fingerprint density at radius 1 is 1.12 bits per heavy atom. The highest BCUT2D eigenvalue weighted by Gasteiger charge is 2.05. The van der Waals surface area contributed by atoms with E-state index in [1.807, 2.05) is 11.8 Å². The second-order valence-corrected chi connectivity index (χ2v) is 5.60. The number of rotatable bonds is 6. The van der Waals surface area contributed by atoms with Gasteiger partial charge in [-0.25, -0.2) is 0 Å². The molecule has 90 valence electrons. The molecular weight excluding hydrogens is 216 g/mol. The van der Waals surface area contributed by atoms with Crippen molar-refractivity contribution in [1.82, 2.24) is 0 Å². The average molecular weight is 238 g/mol. The molecule has 0 aliphatic carbocycles. The minimum Gasteiger partial charge on any atom is -0.378 e. The van der Waals surface area contributed by atoms with Gasteiger partial charge in [0.05, 0.1) is 12.7 Å². The van der Waals surface area contributed by atoms with E-state index in [0.29, 0.717) is 12.0 Å². The first-order valence-electron chi connectivity index (χ1n) is 5.94. The molecule has 1 rings (SSSR count). The molecule has 0 spiro atoms. The van der Waals surface area contributed by atoms with E-state index in [1.54, 1.807) is 0 Å². The summed E-state index contributed by atoms with van der Waals surface area (Å²) in [6.07, 6.45) is 0.334. The standard InChI is InChI=1S/C14H22OS/c1-11(2)13-7-5-6-8-14(13)16-10-9-15-12(3)4/h5-8,11-12H,9-10H2,1-4H3. The number of thioether (sulfide) groups is 1. The number of ether oxygens (including phenoxy) is 1.